The minimum absolute atomic E-state index is 0.211. The molecule has 1 N–H and O–H groups in total. The van der Waals surface area contributed by atoms with Crippen LogP contribution in [0.4, 0.5) is 5.13 Å². The van der Waals surface area contributed by atoms with Crippen LogP contribution < -0.4 is 5.43 Å². The van der Waals surface area contributed by atoms with Crippen molar-refractivity contribution in [3.8, 4) is 11.3 Å². The molecule has 3 aromatic rings. The molecule has 0 radical (unpaired) electrons. The lowest BCUT2D eigenvalue weighted by molar-refractivity contribution is 0.506. The van der Waals surface area contributed by atoms with E-state index < -0.39 is 0 Å². The van der Waals surface area contributed by atoms with Gasteiger partial charge in [-0.05, 0) is 23.0 Å². The summed E-state index contributed by atoms with van der Waals surface area (Å²) >= 11 is 1.55. The lowest BCUT2D eigenvalue weighted by atomic mass is 9.82. The molecule has 4 heteroatoms. The molecular weight excluding hydrogens is 326 g/mol. The van der Waals surface area contributed by atoms with E-state index in [-0.39, 0.29) is 5.41 Å². The van der Waals surface area contributed by atoms with Crippen molar-refractivity contribution < 1.29 is 0 Å². The molecule has 0 aliphatic carbocycles. The first-order chi connectivity index (χ1) is 12.1. The predicted octanol–water partition coefficient (Wildman–Crippen LogP) is 5.94. The van der Waals surface area contributed by atoms with Crippen molar-refractivity contribution in [2.75, 3.05) is 5.43 Å². The fourth-order valence-corrected chi connectivity index (χ4v) is 3.12. The van der Waals surface area contributed by atoms with E-state index in [2.05, 4.69) is 72.7 Å². The van der Waals surface area contributed by atoms with Crippen LogP contribution in [-0.2, 0) is 5.41 Å². The molecule has 0 atom stereocenters. The average molecular weight is 350 g/mol. The molecule has 0 saturated carbocycles. The maximum absolute atomic E-state index is 4.56. The number of hydrogen-bond donors (Lipinski definition) is 1. The Kier molecular flexibility index (Phi) is 5.29. The van der Waals surface area contributed by atoms with Gasteiger partial charge in [-0.1, -0.05) is 75.4 Å². The van der Waals surface area contributed by atoms with Crippen molar-refractivity contribution in [3.63, 3.8) is 0 Å². The third kappa shape index (κ3) is 4.34. The van der Waals surface area contributed by atoms with Crippen molar-refractivity contribution >= 4 is 22.7 Å². The summed E-state index contributed by atoms with van der Waals surface area (Å²) in [5.74, 6) is 0. The molecule has 0 spiro atoms. The SMILES string of the molecule is CCC(C)(C)c1ccc(C=NNc2nc(-c3ccccc3)cs2)cc1. The van der Waals surface area contributed by atoms with Gasteiger partial charge in [-0.2, -0.15) is 5.10 Å². The lowest BCUT2D eigenvalue weighted by Crippen LogP contribution is -2.15. The Morgan fingerprint density at radius 3 is 2.48 bits per heavy atom. The van der Waals surface area contributed by atoms with Gasteiger partial charge in [0.2, 0.25) is 5.13 Å². The monoisotopic (exact) mass is 349 g/mol. The Labute approximate surface area is 153 Å². The van der Waals surface area contributed by atoms with Gasteiger partial charge in [0.25, 0.3) is 0 Å². The molecule has 128 valence electrons. The Balaban J connectivity index is 1.63. The fourth-order valence-electron chi connectivity index (χ4n) is 2.45. The highest BCUT2D eigenvalue weighted by Gasteiger charge is 2.17. The van der Waals surface area contributed by atoms with Crippen LogP contribution >= 0.6 is 11.3 Å². The molecule has 0 aliphatic heterocycles. The summed E-state index contributed by atoms with van der Waals surface area (Å²) in [4.78, 5) is 4.56. The molecule has 3 nitrogen and oxygen atoms in total. The van der Waals surface area contributed by atoms with Crippen LogP contribution in [0, 0.1) is 0 Å². The van der Waals surface area contributed by atoms with Gasteiger partial charge in [0.15, 0.2) is 0 Å². The smallest absolute Gasteiger partial charge is 0.203 e. The van der Waals surface area contributed by atoms with Crippen molar-refractivity contribution in [1.82, 2.24) is 4.98 Å². The van der Waals surface area contributed by atoms with Crippen molar-refractivity contribution in [1.29, 1.82) is 0 Å². The Bertz CT molecular complexity index is 833. The van der Waals surface area contributed by atoms with E-state index in [1.165, 1.54) is 5.56 Å². The molecule has 0 saturated heterocycles. The van der Waals surface area contributed by atoms with E-state index in [1.807, 2.05) is 29.8 Å². The summed E-state index contributed by atoms with van der Waals surface area (Å²) in [7, 11) is 0. The van der Waals surface area contributed by atoms with E-state index in [9.17, 15) is 0 Å². The molecular formula is C21H23N3S. The Morgan fingerprint density at radius 2 is 1.80 bits per heavy atom. The third-order valence-corrected chi connectivity index (χ3v) is 5.27. The third-order valence-electron chi connectivity index (χ3n) is 4.52. The molecule has 0 fully saturated rings. The molecule has 2 aromatic carbocycles. The minimum atomic E-state index is 0.211. The molecule has 0 bridgehead atoms. The second-order valence-electron chi connectivity index (χ2n) is 6.63. The zero-order chi connectivity index (χ0) is 17.7. The number of aromatic nitrogens is 1. The minimum Gasteiger partial charge on any atom is -0.253 e. The predicted molar refractivity (Wildman–Crippen MR) is 109 cm³/mol. The zero-order valence-electron chi connectivity index (χ0n) is 14.9. The second kappa shape index (κ2) is 7.62. The van der Waals surface area contributed by atoms with Gasteiger partial charge in [0.05, 0.1) is 11.9 Å². The normalized spacial score (nSPS) is 11.8. The number of thiazole rings is 1. The van der Waals surface area contributed by atoms with E-state index >= 15 is 0 Å². The van der Waals surface area contributed by atoms with Crippen LogP contribution in [0.2, 0.25) is 0 Å². The van der Waals surface area contributed by atoms with E-state index in [0.717, 1.165) is 28.4 Å². The first-order valence-electron chi connectivity index (χ1n) is 8.49. The molecule has 0 aliphatic rings. The van der Waals surface area contributed by atoms with Crippen LogP contribution in [0.25, 0.3) is 11.3 Å². The van der Waals surface area contributed by atoms with Crippen molar-refractivity contribution in [3.05, 3.63) is 71.1 Å². The summed E-state index contributed by atoms with van der Waals surface area (Å²) in [6.07, 6.45) is 2.95. The van der Waals surface area contributed by atoms with Crippen LogP contribution in [0.1, 0.15) is 38.3 Å². The van der Waals surface area contributed by atoms with E-state index in [0.29, 0.717) is 0 Å². The number of hydrazone groups is 1. The highest BCUT2D eigenvalue weighted by atomic mass is 32.1. The quantitative estimate of drug-likeness (QED) is 0.441. The standard InChI is InChI=1S/C21H23N3S/c1-4-21(2,3)18-12-10-16(11-13-18)14-22-24-20-23-19(15-25-20)17-8-6-5-7-9-17/h5-15H,4H2,1-3H3,(H,23,24). The molecule has 0 amide bonds. The summed E-state index contributed by atoms with van der Waals surface area (Å²) in [6.45, 7) is 6.76. The van der Waals surface area contributed by atoms with Gasteiger partial charge < -0.3 is 0 Å². The van der Waals surface area contributed by atoms with Gasteiger partial charge in [0.1, 0.15) is 0 Å². The second-order valence-corrected chi connectivity index (χ2v) is 7.49. The molecule has 1 heterocycles. The molecule has 0 unspecified atom stereocenters. The number of hydrogen-bond acceptors (Lipinski definition) is 4. The van der Waals surface area contributed by atoms with Gasteiger partial charge in [-0.25, -0.2) is 4.98 Å². The van der Waals surface area contributed by atoms with Gasteiger partial charge in [0, 0.05) is 10.9 Å². The number of anilines is 1. The number of rotatable bonds is 6. The summed E-state index contributed by atoms with van der Waals surface area (Å²) in [5.41, 5.74) is 7.74. The van der Waals surface area contributed by atoms with Crippen molar-refractivity contribution in [2.24, 2.45) is 5.10 Å². The highest BCUT2D eigenvalue weighted by molar-refractivity contribution is 7.14. The Hall–Kier alpha value is -2.46. The summed E-state index contributed by atoms with van der Waals surface area (Å²) < 4.78 is 0. The molecule has 3 rings (SSSR count). The first kappa shape index (κ1) is 17.4. The topological polar surface area (TPSA) is 37.3 Å². The first-order valence-corrected chi connectivity index (χ1v) is 9.37. The summed E-state index contributed by atoms with van der Waals surface area (Å²) in [6, 6.07) is 18.7. The number of nitrogens with zero attached hydrogens (tertiary/aromatic N) is 2. The number of benzene rings is 2. The fraction of sp³-hybridized carbons (Fsp3) is 0.238. The molecule has 25 heavy (non-hydrogen) atoms. The lowest BCUT2D eigenvalue weighted by Gasteiger charge is -2.23. The van der Waals surface area contributed by atoms with Crippen LogP contribution in [0.15, 0.2) is 65.1 Å². The van der Waals surface area contributed by atoms with Crippen molar-refractivity contribution in [2.45, 2.75) is 32.6 Å². The largest absolute Gasteiger partial charge is 0.253 e. The Morgan fingerprint density at radius 1 is 1.08 bits per heavy atom. The van der Waals surface area contributed by atoms with Crippen LogP contribution in [0.3, 0.4) is 0 Å². The summed E-state index contributed by atoms with van der Waals surface area (Å²) in [5, 5.41) is 7.13. The highest BCUT2D eigenvalue weighted by Crippen LogP contribution is 2.26. The number of nitrogens with one attached hydrogen (secondary N) is 1. The van der Waals surface area contributed by atoms with Gasteiger partial charge >= 0.3 is 0 Å². The van der Waals surface area contributed by atoms with Gasteiger partial charge in [-0.15, -0.1) is 11.3 Å². The van der Waals surface area contributed by atoms with E-state index in [1.54, 1.807) is 11.3 Å². The van der Waals surface area contributed by atoms with Gasteiger partial charge in [-0.3, -0.25) is 5.43 Å². The van der Waals surface area contributed by atoms with Crippen LogP contribution in [0.5, 0.6) is 0 Å². The average Bonchev–Trinajstić information content (AvgIpc) is 3.12. The maximum atomic E-state index is 4.56. The zero-order valence-corrected chi connectivity index (χ0v) is 15.7. The van der Waals surface area contributed by atoms with Crippen LogP contribution in [-0.4, -0.2) is 11.2 Å². The van der Waals surface area contributed by atoms with E-state index in [4.69, 9.17) is 0 Å². The molecule has 1 aromatic heterocycles. The maximum Gasteiger partial charge on any atom is 0.203 e.